The highest BCUT2D eigenvalue weighted by molar-refractivity contribution is 7.09. The summed E-state index contributed by atoms with van der Waals surface area (Å²) in [5.41, 5.74) is 0. The fraction of sp³-hybridized carbons (Fsp3) is 0.706. The number of carbonyl (C=O) groups excluding carboxylic acids is 1. The van der Waals surface area contributed by atoms with Gasteiger partial charge in [-0.15, -0.1) is 11.3 Å². The average Bonchev–Trinajstić information content (AvgIpc) is 3.20. The van der Waals surface area contributed by atoms with E-state index in [-0.39, 0.29) is 12.1 Å². The van der Waals surface area contributed by atoms with Gasteiger partial charge < -0.3 is 15.0 Å². The van der Waals surface area contributed by atoms with Crippen LogP contribution in [0, 0.1) is 0 Å². The van der Waals surface area contributed by atoms with Crippen LogP contribution in [0.4, 0.5) is 4.79 Å². The number of hydrogen-bond donors (Lipinski definition) is 1. The minimum atomic E-state index is 0.102. The van der Waals surface area contributed by atoms with E-state index in [0.717, 1.165) is 58.7 Å². The van der Waals surface area contributed by atoms with Gasteiger partial charge in [-0.2, -0.15) is 0 Å². The van der Waals surface area contributed by atoms with Crippen LogP contribution in [0.2, 0.25) is 0 Å². The molecule has 0 aromatic carbocycles. The highest BCUT2D eigenvalue weighted by Gasteiger charge is 2.31. The van der Waals surface area contributed by atoms with Crippen molar-refractivity contribution < 1.29 is 9.53 Å². The van der Waals surface area contributed by atoms with Crippen LogP contribution in [0.25, 0.3) is 0 Å². The first-order valence-electron chi connectivity index (χ1n) is 8.62. The van der Waals surface area contributed by atoms with E-state index < -0.39 is 0 Å². The number of urea groups is 1. The number of morpholine rings is 1. The Morgan fingerprint density at radius 3 is 3.00 bits per heavy atom. The van der Waals surface area contributed by atoms with Gasteiger partial charge in [0.15, 0.2) is 0 Å². The van der Waals surface area contributed by atoms with Gasteiger partial charge in [0.1, 0.15) is 0 Å². The largest absolute Gasteiger partial charge is 0.379 e. The minimum absolute atomic E-state index is 0.102. The van der Waals surface area contributed by atoms with Crippen molar-refractivity contribution in [1.29, 1.82) is 0 Å². The molecule has 2 saturated heterocycles. The van der Waals surface area contributed by atoms with Crippen LogP contribution in [0.3, 0.4) is 0 Å². The molecule has 0 saturated carbocycles. The molecule has 2 fully saturated rings. The molecule has 128 valence electrons. The zero-order valence-corrected chi connectivity index (χ0v) is 14.7. The van der Waals surface area contributed by atoms with Gasteiger partial charge in [0.2, 0.25) is 0 Å². The van der Waals surface area contributed by atoms with E-state index in [4.69, 9.17) is 4.74 Å². The fourth-order valence-electron chi connectivity index (χ4n) is 3.45. The molecule has 0 aliphatic carbocycles. The minimum Gasteiger partial charge on any atom is -0.379 e. The number of nitrogens with one attached hydrogen (secondary N) is 1. The number of ether oxygens (including phenoxy) is 1. The molecule has 1 N–H and O–H groups in total. The number of nitrogens with zero attached hydrogens (tertiary/aromatic N) is 2. The van der Waals surface area contributed by atoms with Gasteiger partial charge in [0.25, 0.3) is 0 Å². The summed E-state index contributed by atoms with van der Waals surface area (Å²) in [6, 6.07) is 4.82. The van der Waals surface area contributed by atoms with Crippen molar-refractivity contribution in [3.05, 3.63) is 22.4 Å². The molecule has 0 radical (unpaired) electrons. The first-order valence-corrected chi connectivity index (χ1v) is 9.50. The molecule has 2 aliphatic rings. The van der Waals surface area contributed by atoms with Crippen LogP contribution < -0.4 is 5.32 Å². The summed E-state index contributed by atoms with van der Waals surface area (Å²) in [4.78, 5) is 18.4. The van der Waals surface area contributed by atoms with E-state index in [2.05, 4.69) is 34.7 Å². The maximum atomic E-state index is 12.6. The normalized spacial score (nSPS) is 23.9. The molecule has 6 heteroatoms. The lowest BCUT2D eigenvalue weighted by molar-refractivity contribution is 0.0291. The van der Waals surface area contributed by atoms with Gasteiger partial charge in [-0.3, -0.25) is 4.90 Å². The lowest BCUT2D eigenvalue weighted by Crippen LogP contribution is -2.51. The van der Waals surface area contributed by atoms with Crippen molar-refractivity contribution in [1.82, 2.24) is 15.1 Å². The van der Waals surface area contributed by atoms with Gasteiger partial charge in [-0.05, 0) is 31.2 Å². The summed E-state index contributed by atoms with van der Waals surface area (Å²) < 4.78 is 5.41. The molecule has 2 aliphatic heterocycles. The highest BCUT2D eigenvalue weighted by atomic mass is 32.1. The summed E-state index contributed by atoms with van der Waals surface area (Å²) in [5, 5.41) is 5.26. The van der Waals surface area contributed by atoms with Gasteiger partial charge in [-0.1, -0.05) is 6.07 Å². The lowest BCUT2D eigenvalue weighted by Gasteiger charge is -2.33. The molecule has 1 aromatic heterocycles. The topological polar surface area (TPSA) is 44.8 Å². The number of rotatable bonds is 5. The summed E-state index contributed by atoms with van der Waals surface area (Å²) in [6.07, 6.45) is 3.14. The predicted molar refractivity (Wildman–Crippen MR) is 93.0 cm³/mol. The molecule has 0 unspecified atom stereocenters. The number of hydrogen-bond acceptors (Lipinski definition) is 4. The van der Waals surface area contributed by atoms with E-state index in [1.165, 1.54) is 4.88 Å². The van der Waals surface area contributed by atoms with Gasteiger partial charge in [0, 0.05) is 49.6 Å². The monoisotopic (exact) mass is 337 g/mol. The number of thiophene rings is 1. The summed E-state index contributed by atoms with van der Waals surface area (Å²) >= 11 is 1.75. The van der Waals surface area contributed by atoms with Gasteiger partial charge in [0.05, 0.1) is 13.2 Å². The molecular weight excluding hydrogens is 310 g/mol. The Morgan fingerprint density at radius 1 is 1.43 bits per heavy atom. The molecule has 5 nitrogen and oxygen atoms in total. The van der Waals surface area contributed by atoms with Crippen LogP contribution in [-0.4, -0.2) is 67.3 Å². The number of amides is 2. The van der Waals surface area contributed by atoms with Crippen LogP contribution in [-0.2, 0) is 11.2 Å². The maximum absolute atomic E-state index is 12.6. The second-order valence-electron chi connectivity index (χ2n) is 6.54. The quantitative estimate of drug-likeness (QED) is 0.896. The number of likely N-dealkylation sites (tertiary alicyclic amines) is 1. The van der Waals surface area contributed by atoms with Crippen molar-refractivity contribution in [3.63, 3.8) is 0 Å². The Bertz CT molecular complexity index is 488. The van der Waals surface area contributed by atoms with Crippen LogP contribution in [0.5, 0.6) is 0 Å². The molecule has 2 amide bonds. The van der Waals surface area contributed by atoms with E-state index in [9.17, 15) is 4.79 Å². The molecule has 23 heavy (non-hydrogen) atoms. The predicted octanol–water partition coefficient (Wildman–Crippen LogP) is 2.19. The Balaban J connectivity index is 1.48. The Labute approximate surface area is 142 Å². The molecule has 3 heterocycles. The van der Waals surface area contributed by atoms with E-state index in [1.54, 1.807) is 11.3 Å². The van der Waals surface area contributed by atoms with Crippen molar-refractivity contribution >= 4 is 17.4 Å². The Kier molecular flexibility index (Phi) is 5.91. The van der Waals surface area contributed by atoms with Gasteiger partial charge in [-0.25, -0.2) is 4.79 Å². The second-order valence-corrected chi connectivity index (χ2v) is 7.57. The third-order valence-electron chi connectivity index (χ3n) is 4.67. The van der Waals surface area contributed by atoms with Crippen LogP contribution >= 0.6 is 11.3 Å². The summed E-state index contributed by atoms with van der Waals surface area (Å²) in [6.45, 7) is 7.56. The van der Waals surface area contributed by atoms with Gasteiger partial charge >= 0.3 is 6.03 Å². The number of carbonyl (C=O) groups is 1. The fourth-order valence-corrected chi connectivity index (χ4v) is 4.29. The molecule has 0 spiro atoms. The smallest absolute Gasteiger partial charge is 0.317 e. The Morgan fingerprint density at radius 2 is 2.26 bits per heavy atom. The summed E-state index contributed by atoms with van der Waals surface area (Å²) in [5.74, 6) is 0. The molecule has 3 rings (SSSR count). The average molecular weight is 337 g/mol. The molecular formula is C17H27N3O2S. The van der Waals surface area contributed by atoms with Crippen LogP contribution in [0.1, 0.15) is 24.6 Å². The van der Waals surface area contributed by atoms with Crippen molar-refractivity contribution in [2.45, 2.75) is 38.3 Å². The van der Waals surface area contributed by atoms with Crippen molar-refractivity contribution in [2.24, 2.45) is 0 Å². The highest BCUT2D eigenvalue weighted by Crippen LogP contribution is 2.19. The summed E-state index contributed by atoms with van der Waals surface area (Å²) in [7, 11) is 0. The van der Waals surface area contributed by atoms with Crippen LogP contribution in [0.15, 0.2) is 17.5 Å². The zero-order valence-electron chi connectivity index (χ0n) is 13.9. The standard InChI is InChI=1S/C17H27N3O2S/c1-14(12-16-5-3-11-23-16)18-17(21)20-6-2-4-15(20)13-19-7-9-22-10-8-19/h3,5,11,14-15H,2,4,6-10,12-13H2,1H3,(H,18,21)/t14-,15-/m0/s1. The third-order valence-corrected chi connectivity index (χ3v) is 5.57. The Hall–Kier alpha value is -1.11. The third kappa shape index (κ3) is 4.68. The molecule has 1 aromatic rings. The zero-order chi connectivity index (χ0) is 16.1. The van der Waals surface area contributed by atoms with Crippen molar-refractivity contribution in [3.8, 4) is 0 Å². The lowest BCUT2D eigenvalue weighted by atomic mass is 10.2. The first kappa shape index (κ1) is 16.7. The maximum Gasteiger partial charge on any atom is 0.317 e. The first-order chi connectivity index (χ1) is 11.2. The van der Waals surface area contributed by atoms with E-state index in [0.29, 0.717) is 6.04 Å². The second kappa shape index (κ2) is 8.13. The molecule has 0 bridgehead atoms. The van der Waals surface area contributed by atoms with E-state index in [1.807, 2.05) is 4.90 Å². The van der Waals surface area contributed by atoms with Crippen molar-refractivity contribution in [2.75, 3.05) is 39.4 Å². The van der Waals surface area contributed by atoms with E-state index >= 15 is 0 Å². The molecule has 2 atom stereocenters. The SMILES string of the molecule is C[C@@H](Cc1cccs1)NC(=O)N1CCC[C@H]1CN1CCOCC1.